The summed E-state index contributed by atoms with van der Waals surface area (Å²) in [5.41, 5.74) is 1.06. The molecule has 1 aromatic carbocycles. The van der Waals surface area contributed by atoms with Crippen molar-refractivity contribution in [3.63, 3.8) is 0 Å². The Morgan fingerprint density at radius 1 is 1.19 bits per heavy atom. The second-order valence-electron chi connectivity index (χ2n) is 8.14. The number of nitriles is 1. The third-order valence-corrected chi connectivity index (χ3v) is 5.25. The highest BCUT2D eigenvalue weighted by atomic mass is 16.5. The van der Waals surface area contributed by atoms with Gasteiger partial charge in [0.05, 0.1) is 17.2 Å². The number of ether oxygens (including phenoxy) is 1. The Kier molecular flexibility index (Phi) is 6.42. The topological polar surface area (TPSA) is 79.2 Å². The van der Waals surface area contributed by atoms with Crippen LogP contribution in [0.2, 0.25) is 0 Å². The van der Waals surface area contributed by atoms with Crippen molar-refractivity contribution < 1.29 is 14.3 Å². The first-order chi connectivity index (χ1) is 12.2. The summed E-state index contributed by atoms with van der Waals surface area (Å²) < 4.78 is 5.38. The molecular weight excluding hydrogens is 328 g/mol. The van der Waals surface area contributed by atoms with Crippen molar-refractivity contribution in [2.75, 3.05) is 5.32 Å². The molecule has 1 aliphatic rings. The number of anilines is 1. The highest BCUT2D eigenvalue weighted by Gasteiger charge is 2.34. The molecule has 1 fully saturated rings. The second-order valence-corrected chi connectivity index (χ2v) is 8.14. The zero-order valence-corrected chi connectivity index (χ0v) is 16.0. The molecule has 26 heavy (non-hydrogen) atoms. The molecule has 0 aromatic heterocycles. The summed E-state index contributed by atoms with van der Waals surface area (Å²) in [4.78, 5) is 24.7. The lowest BCUT2D eigenvalue weighted by atomic mass is 9.70. The van der Waals surface area contributed by atoms with Gasteiger partial charge in [0, 0.05) is 0 Å². The van der Waals surface area contributed by atoms with E-state index in [4.69, 9.17) is 10.00 Å². The monoisotopic (exact) mass is 356 g/mol. The maximum absolute atomic E-state index is 12.4. The minimum absolute atomic E-state index is 0.129. The van der Waals surface area contributed by atoms with E-state index >= 15 is 0 Å². The van der Waals surface area contributed by atoms with Gasteiger partial charge in [-0.2, -0.15) is 5.26 Å². The molecule has 0 spiro atoms. The normalized spacial score (nSPS) is 21.3. The minimum atomic E-state index is -0.894. The summed E-state index contributed by atoms with van der Waals surface area (Å²) in [5.74, 6) is -0.233. The number of carbonyl (C=O) groups excluding carboxylic acids is 2. The number of amides is 1. The van der Waals surface area contributed by atoms with E-state index in [1.807, 2.05) is 6.07 Å². The SMILES string of the molecule is CC(OC(=O)C1CCC(C(C)(C)C)CC1)C(=O)Nc1ccccc1C#N. The second kappa shape index (κ2) is 8.35. The molecular formula is C21H28N2O3. The van der Waals surface area contributed by atoms with Gasteiger partial charge in [-0.3, -0.25) is 9.59 Å². The fourth-order valence-corrected chi connectivity index (χ4v) is 3.44. The number of nitrogens with zero attached hydrogens (tertiary/aromatic N) is 1. The molecule has 1 aromatic rings. The molecule has 140 valence electrons. The summed E-state index contributed by atoms with van der Waals surface area (Å²) in [6, 6.07) is 8.77. The minimum Gasteiger partial charge on any atom is -0.452 e. The number of rotatable bonds is 4. The standard InChI is InChI=1S/C21H28N2O3/c1-14(19(24)23-18-8-6-5-7-16(18)13-22)26-20(25)15-9-11-17(12-10-15)21(2,3)4/h5-8,14-15,17H,9-12H2,1-4H3,(H,23,24). The van der Waals surface area contributed by atoms with Crippen LogP contribution in [0.15, 0.2) is 24.3 Å². The van der Waals surface area contributed by atoms with Crippen LogP contribution in [0.25, 0.3) is 0 Å². The average Bonchev–Trinajstić information content (AvgIpc) is 2.61. The number of para-hydroxylation sites is 1. The van der Waals surface area contributed by atoms with Crippen molar-refractivity contribution in [1.29, 1.82) is 5.26 Å². The van der Waals surface area contributed by atoms with Crippen LogP contribution < -0.4 is 5.32 Å². The van der Waals surface area contributed by atoms with Gasteiger partial charge in [0.2, 0.25) is 0 Å². The van der Waals surface area contributed by atoms with Gasteiger partial charge in [0.25, 0.3) is 5.91 Å². The molecule has 1 N–H and O–H groups in total. The molecule has 1 saturated carbocycles. The quantitative estimate of drug-likeness (QED) is 0.817. The molecule has 0 bridgehead atoms. The van der Waals surface area contributed by atoms with Crippen LogP contribution in [0.3, 0.4) is 0 Å². The van der Waals surface area contributed by atoms with Crippen LogP contribution in [-0.2, 0) is 14.3 Å². The first-order valence-corrected chi connectivity index (χ1v) is 9.23. The highest BCUT2D eigenvalue weighted by Crippen LogP contribution is 2.40. The number of benzene rings is 1. The number of hydrogen-bond donors (Lipinski definition) is 1. The number of carbonyl (C=O) groups is 2. The number of hydrogen-bond acceptors (Lipinski definition) is 4. The molecule has 0 radical (unpaired) electrons. The van der Waals surface area contributed by atoms with Crippen LogP contribution in [-0.4, -0.2) is 18.0 Å². The van der Waals surface area contributed by atoms with Crippen molar-refractivity contribution in [2.24, 2.45) is 17.3 Å². The summed E-state index contributed by atoms with van der Waals surface area (Å²) >= 11 is 0. The van der Waals surface area contributed by atoms with E-state index in [-0.39, 0.29) is 17.3 Å². The lowest BCUT2D eigenvalue weighted by molar-refractivity contribution is -0.158. The van der Waals surface area contributed by atoms with Crippen molar-refractivity contribution >= 4 is 17.6 Å². The molecule has 0 heterocycles. The van der Waals surface area contributed by atoms with Gasteiger partial charge in [-0.15, -0.1) is 0 Å². The predicted molar refractivity (Wildman–Crippen MR) is 100 cm³/mol. The summed E-state index contributed by atoms with van der Waals surface area (Å²) in [6.45, 7) is 8.27. The smallest absolute Gasteiger partial charge is 0.309 e. The van der Waals surface area contributed by atoms with Gasteiger partial charge in [0.15, 0.2) is 6.10 Å². The Labute approximate surface area is 155 Å². The van der Waals surface area contributed by atoms with Gasteiger partial charge in [-0.1, -0.05) is 32.9 Å². The van der Waals surface area contributed by atoms with Crippen molar-refractivity contribution in [2.45, 2.75) is 59.5 Å². The Hall–Kier alpha value is -2.35. The van der Waals surface area contributed by atoms with Crippen molar-refractivity contribution in [3.8, 4) is 6.07 Å². The maximum Gasteiger partial charge on any atom is 0.309 e. The van der Waals surface area contributed by atoms with Gasteiger partial charge in [-0.25, -0.2) is 0 Å². The third kappa shape index (κ3) is 5.08. The van der Waals surface area contributed by atoms with Crippen molar-refractivity contribution in [3.05, 3.63) is 29.8 Å². The summed E-state index contributed by atoms with van der Waals surface area (Å²) in [5, 5.41) is 11.7. The molecule has 0 saturated heterocycles. The third-order valence-electron chi connectivity index (χ3n) is 5.25. The first-order valence-electron chi connectivity index (χ1n) is 9.23. The Bertz CT molecular complexity index is 692. The van der Waals surface area contributed by atoms with Crippen LogP contribution in [0.5, 0.6) is 0 Å². The fraction of sp³-hybridized carbons (Fsp3) is 0.571. The van der Waals surface area contributed by atoms with Gasteiger partial charge in [-0.05, 0) is 56.1 Å². The van der Waals surface area contributed by atoms with Crippen molar-refractivity contribution in [1.82, 2.24) is 0 Å². The molecule has 1 atom stereocenters. The molecule has 0 aliphatic heterocycles. The molecule has 5 nitrogen and oxygen atoms in total. The van der Waals surface area contributed by atoms with E-state index in [0.29, 0.717) is 17.2 Å². The van der Waals surface area contributed by atoms with Gasteiger partial charge in [0.1, 0.15) is 6.07 Å². The van der Waals surface area contributed by atoms with E-state index < -0.39 is 12.0 Å². The summed E-state index contributed by atoms with van der Waals surface area (Å²) in [6.07, 6.45) is 2.76. The zero-order chi connectivity index (χ0) is 19.3. The molecule has 1 unspecified atom stereocenters. The Morgan fingerprint density at radius 3 is 2.38 bits per heavy atom. The first kappa shape index (κ1) is 20.0. The summed E-state index contributed by atoms with van der Waals surface area (Å²) in [7, 11) is 0. The lowest BCUT2D eigenvalue weighted by Gasteiger charge is -2.36. The average molecular weight is 356 g/mol. The molecule has 5 heteroatoms. The van der Waals surface area contributed by atoms with Gasteiger partial charge < -0.3 is 10.1 Å². The van der Waals surface area contributed by atoms with E-state index in [9.17, 15) is 9.59 Å². The zero-order valence-electron chi connectivity index (χ0n) is 16.0. The van der Waals surface area contributed by atoms with Gasteiger partial charge >= 0.3 is 5.97 Å². The highest BCUT2D eigenvalue weighted by molar-refractivity contribution is 5.96. The molecule has 2 rings (SSSR count). The van der Waals surface area contributed by atoms with E-state index in [1.54, 1.807) is 31.2 Å². The van der Waals surface area contributed by atoms with E-state index in [2.05, 4.69) is 26.1 Å². The van der Waals surface area contributed by atoms with Crippen LogP contribution in [0.1, 0.15) is 58.9 Å². The van der Waals surface area contributed by atoms with E-state index in [1.165, 1.54) is 0 Å². The van der Waals surface area contributed by atoms with E-state index in [0.717, 1.165) is 25.7 Å². The predicted octanol–water partition coefficient (Wildman–Crippen LogP) is 4.28. The van der Waals surface area contributed by atoms with Crippen LogP contribution >= 0.6 is 0 Å². The maximum atomic E-state index is 12.4. The number of nitrogens with one attached hydrogen (secondary N) is 1. The molecule has 1 aliphatic carbocycles. The van der Waals surface area contributed by atoms with Crippen LogP contribution in [0.4, 0.5) is 5.69 Å². The molecule has 1 amide bonds. The van der Waals surface area contributed by atoms with Crippen LogP contribution in [0, 0.1) is 28.6 Å². The fourth-order valence-electron chi connectivity index (χ4n) is 3.44. The largest absolute Gasteiger partial charge is 0.452 e. The Balaban J connectivity index is 1.87. The lowest BCUT2D eigenvalue weighted by Crippen LogP contribution is -2.34. The number of esters is 1. The Morgan fingerprint density at radius 2 is 1.81 bits per heavy atom.